The van der Waals surface area contributed by atoms with Crippen molar-refractivity contribution in [2.75, 3.05) is 33.3 Å². The summed E-state index contributed by atoms with van der Waals surface area (Å²) in [4.78, 5) is 24.5. The molecule has 144 valence electrons. The Hall–Kier alpha value is -2.04. The molecule has 1 amide bonds. The molecule has 10 heteroatoms. The molecule has 1 saturated heterocycles. The Morgan fingerprint density at radius 2 is 2.00 bits per heavy atom. The molecule has 0 radical (unpaired) electrons. The van der Waals surface area contributed by atoms with E-state index in [1.165, 1.54) is 24.1 Å². The van der Waals surface area contributed by atoms with Crippen molar-refractivity contribution in [2.45, 2.75) is 23.8 Å². The number of benzene rings is 1. The number of carbonyl (C=O) groups is 2. The lowest BCUT2D eigenvalue weighted by molar-refractivity contribution is -0.159. The summed E-state index contributed by atoms with van der Waals surface area (Å²) < 4.78 is 43.8. The second-order valence-electron chi connectivity index (χ2n) is 5.92. The first-order valence-electron chi connectivity index (χ1n) is 8.06. The highest BCUT2D eigenvalue weighted by molar-refractivity contribution is 7.89. The molecule has 26 heavy (non-hydrogen) atoms. The van der Waals surface area contributed by atoms with E-state index in [-0.39, 0.29) is 43.3 Å². The van der Waals surface area contributed by atoms with Crippen LogP contribution in [0.25, 0.3) is 0 Å². The number of hydrogen-bond donors (Lipinski definition) is 1. The maximum absolute atomic E-state index is 12.9. The minimum Gasteiger partial charge on any atom is -0.479 e. The van der Waals surface area contributed by atoms with Crippen molar-refractivity contribution in [3.8, 4) is 0 Å². The Morgan fingerprint density at radius 3 is 2.62 bits per heavy atom. The highest BCUT2D eigenvalue weighted by Gasteiger charge is 2.29. The number of carboxylic acids is 1. The molecule has 1 unspecified atom stereocenters. The van der Waals surface area contributed by atoms with Crippen molar-refractivity contribution in [3.63, 3.8) is 0 Å². The molecule has 1 aromatic carbocycles. The lowest BCUT2D eigenvalue weighted by Gasteiger charge is -2.31. The number of carboxylic acid groups (broad SMARTS) is 1. The summed E-state index contributed by atoms with van der Waals surface area (Å²) in [5.74, 6) is -1.89. The molecule has 1 aliphatic heterocycles. The number of halogens is 1. The molecule has 2 rings (SSSR count). The van der Waals surface area contributed by atoms with Gasteiger partial charge in [-0.2, -0.15) is 0 Å². The van der Waals surface area contributed by atoms with Crippen molar-refractivity contribution in [1.82, 2.24) is 9.21 Å². The Morgan fingerprint density at radius 1 is 1.35 bits per heavy atom. The van der Waals surface area contributed by atoms with Gasteiger partial charge in [0.1, 0.15) is 5.82 Å². The molecule has 0 saturated carbocycles. The summed E-state index contributed by atoms with van der Waals surface area (Å²) in [6, 6.07) is 4.52. The number of amides is 1. The third-order valence-electron chi connectivity index (χ3n) is 4.08. The zero-order valence-corrected chi connectivity index (χ0v) is 15.1. The predicted octanol–water partition coefficient (Wildman–Crippen LogP) is 0.538. The van der Waals surface area contributed by atoms with Crippen LogP contribution in [0.4, 0.5) is 4.39 Å². The van der Waals surface area contributed by atoms with Gasteiger partial charge in [-0.05, 0) is 30.7 Å². The highest BCUT2D eigenvalue weighted by atomic mass is 32.2. The molecular formula is C16H21FN2O6S. The fraction of sp³-hybridized carbons (Fsp3) is 0.500. The minimum absolute atomic E-state index is 0.0160. The lowest BCUT2D eigenvalue weighted by atomic mass is 10.2. The zero-order chi connectivity index (χ0) is 19.3. The molecule has 1 aliphatic rings. The van der Waals surface area contributed by atoms with E-state index in [4.69, 9.17) is 9.84 Å². The second kappa shape index (κ2) is 8.56. The van der Waals surface area contributed by atoms with Crippen LogP contribution in [-0.2, 0) is 24.3 Å². The van der Waals surface area contributed by atoms with Gasteiger partial charge in [0.2, 0.25) is 15.9 Å². The number of morpholine rings is 1. The molecule has 1 aromatic rings. The highest BCUT2D eigenvalue weighted by Crippen LogP contribution is 2.16. The van der Waals surface area contributed by atoms with Crippen molar-refractivity contribution < 1.29 is 32.2 Å². The number of ether oxygens (including phenoxy) is 1. The third kappa shape index (κ3) is 4.99. The summed E-state index contributed by atoms with van der Waals surface area (Å²) in [5, 5.41) is 8.94. The standard InChI is InChI=1S/C16H21FN2O6S/c1-18(26(23,24)13-6-4-12(17)5-7-13)8-2-3-15(20)19-9-10-25-14(11-19)16(21)22/h4-7,14H,2-3,8-11H2,1H3,(H,21,22). The van der Waals surface area contributed by atoms with Crippen LogP contribution in [-0.4, -0.2) is 74.0 Å². The second-order valence-corrected chi connectivity index (χ2v) is 7.97. The van der Waals surface area contributed by atoms with Gasteiger partial charge in [-0.15, -0.1) is 0 Å². The number of rotatable bonds is 7. The molecule has 0 bridgehead atoms. The number of hydrogen-bond acceptors (Lipinski definition) is 5. The van der Waals surface area contributed by atoms with E-state index >= 15 is 0 Å². The predicted molar refractivity (Wildman–Crippen MR) is 89.4 cm³/mol. The topological polar surface area (TPSA) is 104 Å². The van der Waals surface area contributed by atoms with Gasteiger partial charge >= 0.3 is 5.97 Å². The fourth-order valence-corrected chi connectivity index (χ4v) is 3.75. The minimum atomic E-state index is -3.75. The SMILES string of the molecule is CN(CCCC(=O)N1CCOC(C(=O)O)C1)S(=O)(=O)c1ccc(F)cc1. The Bertz CT molecular complexity index is 753. The average molecular weight is 388 g/mol. The molecule has 1 atom stereocenters. The van der Waals surface area contributed by atoms with Crippen LogP contribution in [0.15, 0.2) is 29.2 Å². The van der Waals surface area contributed by atoms with E-state index < -0.39 is 27.9 Å². The number of sulfonamides is 1. The third-order valence-corrected chi connectivity index (χ3v) is 5.95. The van der Waals surface area contributed by atoms with Crippen molar-refractivity contribution in [1.29, 1.82) is 0 Å². The Kier molecular flexibility index (Phi) is 6.68. The Labute approximate surface area is 151 Å². The molecule has 0 aliphatic carbocycles. The molecule has 1 fully saturated rings. The number of nitrogens with zero attached hydrogens (tertiary/aromatic N) is 2. The first kappa shape index (κ1) is 20.3. The van der Waals surface area contributed by atoms with Crippen molar-refractivity contribution in [3.05, 3.63) is 30.1 Å². The summed E-state index contributed by atoms with van der Waals surface area (Å²) in [5.41, 5.74) is 0. The van der Waals surface area contributed by atoms with Crippen LogP contribution in [0.1, 0.15) is 12.8 Å². The van der Waals surface area contributed by atoms with Gasteiger partial charge in [0.05, 0.1) is 18.0 Å². The summed E-state index contributed by atoms with van der Waals surface area (Å²) in [6.45, 7) is 0.559. The molecule has 8 nitrogen and oxygen atoms in total. The maximum Gasteiger partial charge on any atom is 0.334 e. The van der Waals surface area contributed by atoms with E-state index in [0.29, 0.717) is 6.54 Å². The van der Waals surface area contributed by atoms with Gasteiger partial charge in [0.15, 0.2) is 6.10 Å². The molecule has 1 N–H and O–H groups in total. The van der Waals surface area contributed by atoms with Crippen LogP contribution >= 0.6 is 0 Å². The monoisotopic (exact) mass is 388 g/mol. The molecule has 1 heterocycles. The lowest BCUT2D eigenvalue weighted by Crippen LogP contribution is -2.48. The smallest absolute Gasteiger partial charge is 0.334 e. The molecule has 0 aromatic heterocycles. The average Bonchev–Trinajstić information content (AvgIpc) is 2.61. The first-order valence-corrected chi connectivity index (χ1v) is 9.50. The largest absolute Gasteiger partial charge is 0.479 e. The van der Waals surface area contributed by atoms with E-state index in [9.17, 15) is 22.4 Å². The van der Waals surface area contributed by atoms with Crippen molar-refractivity contribution in [2.24, 2.45) is 0 Å². The quantitative estimate of drug-likeness (QED) is 0.731. The van der Waals surface area contributed by atoms with Crippen LogP contribution in [0.3, 0.4) is 0 Å². The van der Waals surface area contributed by atoms with Crippen molar-refractivity contribution >= 4 is 21.9 Å². The maximum atomic E-state index is 12.9. The van der Waals surface area contributed by atoms with Crippen LogP contribution in [0.2, 0.25) is 0 Å². The van der Waals surface area contributed by atoms with E-state index in [0.717, 1.165) is 16.4 Å². The van der Waals surface area contributed by atoms with Gasteiger partial charge < -0.3 is 14.7 Å². The zero-order valence-electron chi connectivity index (χ0n) is 14.3. The Balaban J connectivity index is 1.85. The summed E-state index contributed by atoms with van der Waals surface area (Å²) >= 11 is 0. The first-order chi connectivity index (χ1) is 12.2. The normalized spacial score (nSPS) is 18.1. The number of carbonyl (C=O) groups excluding carboxylic acids is 1. The van der Waals surface area contributed by atoms with Gasteiger partial charge in [-0.25, -0.2) is 21.9 Å². The van der Waals surface area contributed by atoms with Gasteiger partial charge in [-0.3, -0.25) is 4.79 Å². The number of aliphatic carboxylic acids is 1. The van der Waals surface area contributed by atoms with Crippen LogP contribution in [0.5, 0.6) is 0 Å². The van der Waals surface area contributed by atoms with Gasteiger partial charge in [0.25, 0.3) is 0 Å². The van der Waals surface area contributed by atoms with Gasteiger partial charge in [0, 0.05) is 26.6 Å². The van der Waals surface area contributed by atoms with E-state index in [2.05, 4.69) is 0 Å². The van der Waals surface area contributed by atoms with Crippen LogP contribution in [0, 0.1) is 5.82 Å². The van der Waals surface area contributed by atoms with Crippen LogP contribution < -0.4 is 0 Å². The van der Waals surface area contributed by atoms with E-state index in [1.54, 1.807) is 0 Å². The fourth-order valence-electron chi connectivity index (χ4n) is 2.54. The summed E-state index contributed by atoms with van der Waals surface area (Å²) in [6.07, 6.45) is -0.658. The summed E-state index contributed by atoms with van der Waals surface area (Å²) in [7, 11) is -2.37. The molecule has 0 spiro atoms. The van der Waals surface area contributed by atoms with Gasteiger partial charge in [-0.1, -0.05) is 0 Å². The molecular weight excluding hydrogens is 367 g/mol. The van der Waals surface area contributed by atoms with E-state index in [1.807, 2.05) is 0 Å².